The van der Waals surface area contributed by atoms with E-state index in [0.29, 0.717) is 5.56 Å². The quantitative estimate of drug-likeness (QED) is 0.446. The van der Waals surface area contributed by atoms with Crippen LogP contribution in [0.5, 0.6) is 0 Å². The number of amides is 1. The van der Waals surface area contributed by atoms with Crippen molar-refractivity contribution in [2.24, 2.45) is 5.84 Å². The maximum Gasteiger partial charge on any atom is 0.265 e. The van der Waals surface area contributed by atoms with Crippen molar-refractivity contribution in [3.63, 3.8) is 0 Å². The lowest BCUT2D eigenvalue weighted by atomic mass is 10.1. The summed E-state index contributed by atoms with van der Waals surface area (Å²) in [6.45, 7) is 0.741. The molecule has 1 amide bonds. The molecule has 2 rings (SSSR count). The van der Waals surface area contributed by atoms with Gasteiger partial charge >= 0.3 is 0 Å². The normalized spacial score (nSPS) is 10.1. The number of nitrogen functional groups attached to an aromatic ring is 1. The summed E-state index contributed by atoms with van der Waals surface area (Å²) in [5.74, 6) is 4.76. The number of nitrogens with zero attached hydrogens (tertiary/aromatic N) is 2. The van der Waals surface area contributed by atoms with Crippen LogP contribution < -0.4 is 11.3 Å². The van der Waals surface area contributed by atoms with Gasteiger partial charge in [-0.15, -0.1) is 0 Å². The van der Waals surface area contributed by atoms with Crippen molar-refractivity contribution in [1.82, 2.24) is 15.0 Å². The van der Waals surface area contributed by atoms with Crippen molar-refractivity contribution in [2.75, 3.05) is 0 Å². The average Bonchev–Trinajstić information content (AvgIpc) is 2.82. The monoisotopic (exact) mass is 216 g/mol. The van der Waals surface area contributed by atoms with Gasteiger partial charge in [-0.3, -0.25) is 10.2 Å². The minimum atomic E-state index is -0.283. The Bertz CT molecular complexity index is 461. The highest BCUT2D eigenvalue weighted by molar-refractivity contribution is 5.93. The molecule has 16 heavy (non-hydrogen) atoms. The zero-order valence-corrected chi connectivity index (χ0v) is 8.63. The van der Waals surface area contributed by atoms with Crippen molar-refractivity contribution < 1.29 is 4.79 Å². The first-order chi connectivity index (χ1) is 7.79. The summed E-state index contributed by atoms with van der Waals surface area (Å²) < 4.78 is 1.96. The maximum absolute atomic E-state index is 11.2. The molecule has 2 aromatic rings. The van der Waals surface area contributed by atoms with E-state index in [4.69, 9.17) is 5.84 Å². The van der Waals surface area contributed by atoms with Crippen LogP contribution in [-0.4, -0.2) is 15.5 Å². The number of carbonyl (C=O) groups excluding carboxylic acids is 1. The fourth-order valence-corrected chi connectivity index (χ4v) is 1.44. The smallest absolute Gasteiger partial charge is 0.265 e. The fourth-order valence-electron chi connectivity index (χ4n) is 1.44. The van der Waals surface area contributed by atoms with E-state index in [2.05, 4.69) is 10.4 Å². The summed E-state index contributed by atoms with van der Waals surface area (Å²) in [6, 6.07) is 7.28. The molecule has 0 bridgehead atoms. The number of imidazole rings is 1. The fraction of sp³-hybridized carbons (Fsp3) is 0.0909. The highest BCUT2D eigenvalue weighted by Crippen LogP contribution is 2.06. The molecular weight excluding hydrogens is 204 g/mol. The van der Waals surface area contributed by atoms with Crippen molar-refractivity contribution >= 4 is 5.91 Å². The Hall–Kier alpha value is -2.14. The van der Waals surface area contributed by atoms with Gasteiger partial charge in [0.15, 0.2) is 0 Å². The van der Waals surface area contributed by atoms with Gasteiger partial charge in [-0.1, -0.05) is 12.1 Å². The highest BCUT2D eigenvalue weighted by atomic mass is 16.2. The molecule has 5 nitrogen and oxygen atoms in total. The van der Waals surface area contributed by atoms with Crippen molar-refractivity contribution in [3.05, 3.63) is 54.1 Å². The van der Waals surface area contributed by atoms with Gasteiger partial charge in [-0.25, -0.2) is 10.8 Å². The standard InChI is InChI=1S/C11H12N4O/c12-14-11(16)10-3-1-9(2-4-10)7-15-6-5-13-8-15/h1-6,8H,7,12H2,(H,14,16). The lowest BCUT2D eigenvalue weighted by Gasteiger charge is -2.04. The summed E-state index contributed by atoms with van der Waals surface area (Å²) in [5.41, 5.74) is 3.75. The maximum atomic E-state index is 11.2. The Balaban J connectivity index is 2.10. The zero-order chi connectivity index (χ0) is 11.4. The van der Waals surface area contributed by atoms with Crippen LogP contribution >= 0.6 is 0 Å². The second-order valence-electron chi connectivity index (χ2n) is 3.41. The van der Waals surface area contributed by atoms with Gasteiger partial charge < -0.3 is 4.57 Å². The summed E-state index contributed by atoms with van der Waals surface area (Å²) in [5, 5.41) is 0. The molecule has 82 valence electrons. The third-order valence-corrected chi connectivity index (χ3v) is 2.27. The number of nitrogens with two attached hydrogens (primary N) is 1. The van der Waals surface area contributed by atoms with Gasteiger partial charge in [-0.2, -0.15) is 0 Å². The van der Waals surface area contributed by atoms with Gasteiger partial charge in [0.05, 0.1) is 6.33 Å². The molecule has 0 unspecified atom stereocenters. The summed E-state index contributed by atoms with van der Waals surface area (Å²) in [6.07, 6.45) is 5.37. The van der Waals surface area contributed by atoms with Crippen molar-refractivity contribution in [2.45, 2.75) is 6.54 Å². The van der Waals surface area contributed by atoms with Gasteiger partial charge in [0.25, 0.3) is 5.91 Å². The summed E-state index contributed by atoms with van der Waals surface area (Å²) in [4.78, 5) is 15.2. The molecule has 3 N–H and O–H groups in total. The predicted octanol–water partition coefficient (Wildman–Crippen LogP) is 0.535. The van der Waals surface area contributed by atoms with E-state index in [0.717, 1.165) is 12.1 Å². The number of hydrogen-bond acceptors (Lipinski definition) is 3. The molecule has 0 aliphatic carbocycles. The average molecular weight is 216 g/mol. The van der Waals surface area contributed by atoms with Gasteiger partial charge in [-0.05, 0) is 17.7 Å². The molecule has 0 spiro atoms. The Morgan fingerprint density at radius 2 is 2.12 bits per heavy atom. The van der Waals surface area contributed by atoms with Crippen LogP contribution in [0.15, 0.2) is 43.0 Å². The van der Waals surface area contributed by atoms with E-state index in [1.54, 1.807) is 24.7 Å². The molecule has 0 aliphatic heterocycles. The summed E-state index contributed by atoms with van der Waals surface area (Å²) in [7, 11) is 0. The summed E-state index contributed by atoms with van der Waals surface area (Å²) >= 11 is 0. The minimum Gasteiger partial charge on any atom is -0.333 e. The second-order valence-corrected chi connectivity index (χ2v) is 3.41. The third-order valence-electron chi connectivity index (χ3n) is 2.27. The van der Waals surface area contributed by atoms with Gasteiger partial charge in [0, 0.05) is 24.5 Å². The number of hydrazine groups is 1. The van der Waals surface area contributed by atoms with Crippen molar-refractivity contribution in [1.29, 1.82) is 0 Å². The van der Waals surface area contributed by atoms with Crippen LogP contribution in [0.25, 0.3) is 0 Å². The lowest BCUT2D eigenvalue weighted by molar-refractivity contribution is 0.0953. The number of nitrogens with one attached hydrogen (secondary N) is 1. The van der Waals surface area contributed by atoms with E-state index >= 15 is 0 Å². The van der Waals surface area contributed by atoms with Crippen LogP contribution in [0.4, 0.5) is 0 Å². The molecular formula is C11H12N4O. The lowest BCUT2D eigenvalue weighted by Crippen LogP contribution is -2.29. The number of aromatic nitrogens is 2. The Kier molecular flexibility index (Phi) is 2.98. The van der Waals surface area contributed by atoms with Gasteiger partial charge in [0.2, 0.25) is 0 Å². The van der Waals surface area contributed by atoms with Crippen LogP contribution in [0.1, 0.15) is 15.9 Å². The number of carbonyl (C=O) groups is 1. The Morgan fingerprint density at radius 3 is 2.69 bits per heavy atom. The third kappa shape index (κ3) is 2.26. The van der Waals surface area contributed by atoms with E-state index in [-0.39, 0.29) is 5.91 Å². The van der Waals surface area contributed by atoms with E-state index in [1.807, 2.05) is 22.9 Å². The largest absolute Gasteiger partial charge is 0.333 e. The minimum absolute atomic E-state index is 0.283. The molecule has 1 heterocycles. The first kappa shape index (κ1) is 10.4. The van der Waals surface area contributed by atoms with Gasteiger partial charge in [0.1, 0.15) is 0 Å². The molecule has 1 aromatic carbocycles. The van der Waals surface area contributed by atoms with Crippen LogP contribution in [-0.2, 0) is 6.54 Å². The SMILES string of the molecule is NNC(=O)c1ccc(Cn2ccnc2)cc1. The van der Waals surface area contributed by atoms with Crippen LogP contribution in [0.2, 0.25) is 0 Å². The molecule has 0 atom stereocenters. The van der Waals surface area contributed by atoms with Crippen LogP contribution in [0, 0.1) is 0 Å². The molecule has 0 saturated heterocycles. The van der Waals surface area contributed by atoms with E-state index < -0.39 is 0 Å². The number of hydrogen-bond donors (Lipinski definition) is 2. The first-order valence-corrected chi connectivity index (χ1v) is 4.85. The molecule has 0 fully saturated rings. The second kappa shape index (κ2) is 4.59. The molecule has 0 radical (unpaired) electrons. The van der Waals surface area contributed by atoms with Crippen LogP contribution in [0.3, 0.4) is 0 Å². The molecule has 0 saturated carbocycles. The predicted molar refractivity (Wildman–Crippen MR) is 59.4 cm³/mol. The van der Waals surface area contributed by atoms with E-state index in [1.165, 1.54) is 0 Å². The number of rotatable bonds is 3. The zero-order valence-electron chi connectivity index (χ0n) is 8.63. The molecule has 5 heteroatoms. The number of benzene rings is 1. The van der Waals surface area contributed by atoms with E-state index in [9.17, 15) is 4.79 Å². The molecule has 1 aromatic heterocycles. The Labute approximate surface area is 92.9 Å². The first-order valence-electron chi connectivity index (χ1n) is 4.85. The van der Waals surface area contributed by atoms with Crippen molar-refractivity contribution in [3.8, 4) is 0 Å². The topological polar surface area (TPSA) is 72.9 Å². The molecule has 0 aliphatic rings. The highest BCUT2D eigenvalue weighted by Gasteiger charge is 2.02. The Morgan fingerprint density at radius 1 is 1.38 bits per heavy atom.